The molecule has 12 atom stereocenters. The molecule has 1 saturated carbocycles. The third-order valence-electron chi connectivity index (χ3n) is 28.9. The van der Waals surface area contributed by atoms with Crippen molar-refractivity contribution in [2.24, 2.45) is 11.8 Å². The van der Waals surface area contributed by atoms with E-state index < -0.39 is 17.5 Å². The van der Waals surface area contributed by atoms with Crippen molar-refractivity contribution in [3.63, 3.8) is 0 Å². The molecule has 782 valence electrons. The third-order valence-corrected chi connectivity index (χ3v) is 31.2. The van der Waals surface area contributed by atoms with Gasteiger partial charge in [-0.3, -0.25) is 24.1 Å². The van der Waals surface area contributed by atoms with Gasteiger partial charge in [0.05, 0.1) is 95.8 Å². The van der Waals surface area contributed by atoms with Crippen LogP contribution < -0.4 is 59.2 Å². The van der Waals surface area contributed by atoms with Crippen LogP contribution in [0.5, 0.6) is 46.0 Å². The number of hydrogen-bond donors (Lipinski definition) is 4. The Hall–Kier alpha value is -13.5. The Morgan fingerprint density at radius 3 is 1.18 bits per heavy atom. The molecule has 32 nitrogen and oxygen atoms in total. The molecule has 14 heterocycles. The molecule has 4 unspecified atom stereocenters. The highest BCUT2D eigenvalue weighted by Gasteiger charge is 2.51. The number of hydrogen-bond acceptors (Lipinski definition) is 28. The molecule has 8 bridgehead atoms. The number of halogens is 9. The van der Waals surface area contributed by atoms with Gasteiger partial charge < -0.3 is 88.0 Å². The summed E-state index contributed by atoms with van der Waals surface area (Å²) in [5.74, 6) is 4.70. The lowest BCUT2D eigenvalue weighted by molar-refractivity contribution is -0.142. The first-order valence-electron chi connectivity index (χ1n) is 49.9. The van der Waals surface area contributed by atoms with Gasteiger partial charge in [0.1, 0.15) is 86.2 Å². The second-order valence-electron chi connectivity index (χ2n) is 38.1. The molecule has 13 aromatic rings. The number of methoxy groups -OCH3 is 2. The molecule has 9 aliphatic heterocycles. The minimum Gasteiger partial charge on any atom is -0.493 e. The van der Waals surface area contributed by atoms with Crippen molar-refractivity contribution in [1.29, 1.82) is 0 Å². The monoisotopic (exact) mass is 2160 g/mol. The summed E-state index contributed by atoms with van der Waals surface area (Å²) in [5, 5.41) is 19.7. The number of likely N-dealkylation sites (tertiary alicyclic amines) is 1. The normalized spacial score (nSPS) is 21.2. The van der Waals surface area contributed by atoms with Gasteiger partial charge in [0, 0.05) is 170 Å². The van der Waals surface area contributed by atoms with Gasteiger partial charge in [-0.05, 0) is 181 Å². The van der Waals surface area contributed by atoms with E-state index in [0.717, 1.165) is 118 Å². The molecular formula is C109H109Cl6F3N18O14. The van der Waals surface area contributed by atoms with E-state index in [2.05, 4.69) is 97.5 Å². The van der Waals surface area contributed by atoms with Crippen LogP contribution in [-0.4, -0.2) is 227 Å². The first-order chi connectivity index (χ1) is 72.8. The number of piperidine rings is 6. The lowest BCUT2D eigenvalue weighted by Crippen LogP contribution is -2.61. The molecular weight excluding hydrogens is 2060 g/mol. The predicted octanol–water partition coefficient (Wildman–Crippen LogP) is 22.9. The fraction of sp³-hybridized carbons (Fsp3) is 0.367. The molecule has 0 radical (unpaired) electrons. The Bertz CT molecular complexity index is 7260. The summed E-state index contributed by atoms with van der Waals surface area (Å²) in [4.78, 5) is 94.4. The minimum absolute atomic E-state index is 0.00949. The number of amides is 4. The van der Waals surface area contributed by atoms with Gasteiger partial charge in [-0.25, -0.2) is 53.0 Å². The summed E-state index contributed by atoms with van der Waals surface area (Å²) >= 11 is 35.8. The quantitative estimate of drug-likeness (QED) is 0.0178. The highest BCUT2D eigenvalue weighted by Crippen LogP contribution is 2.50. The van der Waals surface area contributed by atoms with Crippen molar-refractivity contribution in [2.75, 3.05) is 94.6 Å². The maximum Gasteiger partial charge on any atom is 0.246 e. The van der Waals surface area contributed by atoms with Crippen LogP contribution in [-0.2, 0) is 23.9 Å². The summed E-state index contributed by atoms with van der Waals surface area (Å²) in [6, 6.07) is 30.3. The molecule has 8 aromatic carbocycles. The van der Waals surface area contributed by atoms with E-state index in [1.54, 1.807) is 44.7 Å². The fourth-order valence-corrected chi connectivity index (χ4v) is 22.7. The van der Waals surface area contributed by atoms with Crippen molar-refractivity contribution in [2.45, 2.75) is 170 Å². The molecule has 0 spiro atoms. The number of nitrogens with one attached hydrogen (secondary N) is 4. The van der Waals surface area contributed by atoms with E-state index in [1.807, 2.05) is 69.0 Å². The number of anilines is 8. The van der Waals surface area contributed by atoms with E-state index in [4.69, 9.17) is 117 Å². The molecule has 23 rings (SSSR count). The molecule has 4 N–H and O–H groups in total. The smallest absolute Gasteiger partial charge is 0.246 e. The van der Waals surface area contributed by atoms with Crippen molar-refractivity contribution in [1.82, 2.24) is 69.5 Å². The van der Waals surface area contributed by atoms with E-state index in [1.165, 1.54) is 105 Å². The standard InChI is InChI=1S/C30H32Cl2FN5O3.C27H27Cl2FN4O4.C26H25Cl2FN4O3.C26H25N5O4/c1-2-26(39)38-15-18-12-19(16-38)29(18)41-25-13-20-23(14-24(25)40-11-10-37-8-4-3-5-9-37)34-17-35-30(20)36-22-7-6-21(31)27(32)28(22)33;1-3-24(35)34-15-4-5-16(34)11-17(10-15)38-23-12-18-21(13-22(23)37-9-8-36-2)31-14-32-27(18)33-20-7-6-19(28)25(29)26(20)30;1-3-23(34)33-14-5-6-15(33)10-16(9-14)36-22-11-17-20(12-21(22)35-4-2)30-13-31-26(17)32-19-8-7-18(27)24(28)25(19)29;1-3-25(32)31-17-5-6-18(31)10-19(9-17)34-24-11-20-21(12-23(24)33-2)27-14-28-26(20)30-16-4-7-22-15(8-16)13-29-35-22/h2,6-7,13-14,17-19,29H,1,3-5,8-12,15-16H2,(H,34,35,36);3,6-7,12-17H,1,4-5,8-11H2,2H3,(H,31,32,33);3,7-8,11-16H,1,4-6,9-10H2,2H3,(H,30,31,32);3-4,7-8,11-14,17-19H,1,5-6,9-10H2,2H3,(H,27,28,30)/t18-,19+,29?;15-,16+,17?;14-,15+,16?;17-,18+,19?. The van der Waals surface area contributed by atoms with Crippen molar-refractivity contribution in [3.8, 4) is 46.0 Å². The Balaban J connectivity index is 0.000000126. The Morgan fingerprint density at radius 2 is 0.793 bits per heavy atom. The molecule has 10 fully saturated rings. The summed E-state index contributed by atoms with van der Waals surface area (Å²) < 4.78 is 104. The van der Waals surface area contributed by atoms with Gasteiger partial charge in [0.25, 0.3) is 0 Å². The van der Waals surface area contributed by atoms with E-state index >= 15 is 0 Å². The summed E-state index contributed by atoms with van der Waals surface area (Å²) in [6.45, 7) is 22.4. The number of ether oxygens (including phenoxy) is 9. The number of rotatable bonds is 31. The maximum absolute atomic E-state index is 14.9. The second kappa shape index (κ2) is 46.9. The van der Waals surface area contributed by atoms with Crippen molar-refractivity contribution < 1.29 is 79.5 Å². The zero-order valence-corrected chi connectivity index (χ0v) is 86.9. The molecule has 10 aliphatic rings. The van der Waals surface area contributed by atoms with Gasteiger partial charge in [-0.2, -0.15) is 0 Å². The molecule has 9 saturated heterocycles. The van der Waals surface area contributed by atoms with Crippen LogP contribution in [0.25, 0.3) is 54.6 Å². The van der Waals surface area contributed by atoms with Gasteiger partial charge in [0.2, 0.25) is 23.6 Å². The van der Waals surface area contributed by atoms with Gasteiger partial charge in [-0.1, -0.05) is 107 Å². The summed E-state index contributed by atoms with van der Waals surface area (Å²) in [7, 11) is 3.22. The number of fused-ring (bicyclic) bond motifs is 13. The van der Waals surface area contributed by atoms with Crippen LogP contribution in [0.1, 0.15) is 110 Å². The van der Waals surface area contributed by atoms with Crippen LogP contribution in [0.15, 0.2) is 190 Å². The molecule has 150 heavy (non-hydrogen) atoms. The van der Waals surface area contributed by atoms with E-state index in [9.17, 15) is 32.3 Å². The zero-order chi connectivity index (χ0) is 105. The fourth-order valence-electron chi connectivity index (χ4n) is 21.8. The average molecular weight is 2160 g/mol. The van der Waals surface area contributed by atoms with Crippen LogP contribution in [0.4, 0.5) is 59.2 Å². The lowest BCUT2D eigenvalue weighted by Gasteiger charge is -2.52. The van der Waals surface area contributed by atoms with Gasteiger partial charge in [0.15, 0.2) is 69.0 Å². The first kappa shape index (κ1) is 105. The second-order valence-corrected chi connectivity index (χ2v) is 40.4. The summed E-state index contributed by atoms with van der Waals surface area (Å²) in [5.41, 5.74) is 4.53. The number of nitrogens with zero attached hydrogens (tertiary/aromatic N) is 14. The lowest BCUT2D eigenvalue weighted by atomic mass is 9.68. The van der Waals surface area contributed by atoms with Crippen LogP contribution >= 0.6 is 69.6 Å². The van der Waals surface area contributed by atoms with Crippen molar-refractivity contribution in [3.05, 3.63) is 233 Å². The molecule has 5 aromatic heterocycles. The maximum atomic E-state index is 14.9. The Morgan fingerprint density at radius 1 is 0.420 bits per heavy atom. The topological polar surface area (TPSA) is 345 Å². The van der Waals surface area contributed by atoms with Crippen LogP contribution in [0.3, 0.4) is 0 Å². The SMILES string of the molecule is C=CC(=O)N1C[C@H]2C[C@@H](C1)C2Oc1cc2c(Nc3ccc(Cl)c(Cl)c3F)ncnc2cc1OCCN1CCCCC1.C=CC(=O)N1[C@@H]2CC[C@H]1CC(Oc1cc3c(Nc4ccc(Cl)c(Cl)c4F)ncnc3cc1OCC)C2.C=CC(=O)N1[C@@H]2CC[C@H]1CC(Oc1cc3c(Nc4ccc(Cl)c(Cl)c4F)ncnc3cc1OCCOC)C2.C=CC(=O)N1[C@@H]2CC[C@H]1CC(Oc1cc3c(Nc4ccc5oncc5c4)ncnc3cc1OC)C2. The largest absolute Gasteiger partial charge is 0.493 e. The number of carbonyl (C=O) groups is 4. The van der Waals surface area contributed by atoms with Crippen molar-refractivity contribution >= 4 is 194 Å². The molecule has 4 amide bonds. The van der Waals surface area contributed by atoms with Gasteiger partial charge in [-0.15, -0.1) is 0 Å². The highest BCUT2D eigenvalue weighted by molar-refractivity contribution is 6.43. The molecule has 1 aliphatic carbocycles. The predicted molar refractivity (Wildman–Crippen MR) is 571 cm³/mol. The summed E-state index contributed by atoms with van der Waals surface area (Å²) in [6.07, 6.45) is 27.6. The Labute approximate surface area is 892 Å². The average Bonchev–Trinajstić information content (AvgIpc) is 0.990. The Kier molecular flexibility index (Phi) is 32.8. The minimum atomic E-state index is -0.682. The van der Waals surface area contributed by atoms with E-state index in [-0.39, 0.29) is 143 Å². The van der Waals surface area contributed by atoms with Crippen LogP contribution in [0.2, 0.25) is 30.1 Å². The zero-order valence-electron chi connectivity index (χ0n) is 82.3. The number of aromatic nitrogens is 9. The van der Waals surface area contributed by atoms with E-state index in [0.29, 0.717) is 154 Å². The third kappa shape index (κ3) is 22.9. The van der Waals surface area contributed by atoms with Gasteiger partial charge >= 0.3 is 0 Å². The molecule has 41 heteroatoms. The number of carbonyl (C=O) groups excluding carboxylic acids is 4. The highest BCUT2D eigenvalue weighted by atomic mass is 35.5. The first-order valence-corrected chi connectivity index (χ1v) is 52.1. The van der Waals surface area contributed by atoms with Crippen LogP contribution in [0, 0.1) is 29.3 Å². The number of benzene rings is 8.